The maximum atomic E-state index is 11.6. The first-order valence-corrected chi connectivity index (χ1v) is 6.21. The minimum Gasteiger partial charge on any atom is -0.354 e. The normalized spacial score (nSPS) is 11.7. The van der Waals surface area contributed by atoms with Gasteiger partial charge in [-0.25, -0.2) is 0 Å². The highest BCUT2D eigenvalue weighted by atomic mass is 35.5. The molecular formula is C13H17ClN2O2. The van der Waals surface area contributed by atoms with Gasteiger partial charge in [0.25, 0.3) is 0 Å². The minimum absolute atomic E-state index is 0.138. The predicted molar refractivity (Wildman–Crippen MR) is 72.8 cm³/mol. The maximum Gasteiger partial charge on any atom is 0.237 e. The van der Waals surface area contributed by atoms with Crippen LogP contribution in [-0.2, 0) is 9.59 Å². The van der Waals surface area contributed by atoms with Crippen LogP contribution in [0.2, 0.25) is 0 Å². The van der Waals surface area contributed by atoms with Gasteiger partial charge in [-0.3, -0.25) is 9.59 Å². The van der Waals surface area contributed by atoms with Gasteiger partial charge in [0.05, 0.1) is 0 Å². The van der Waals surface area contributed by atoms with Gasteiger partial charge in [0.1, 0.15) is 5.38 Å². The average molecular weight is 269 g/mol. The third kappa shape index (κ3) is 5.19. The molecule has 1 aromatic rings. The van der Waals surface area contributed by atoms with Crippen LogP contribution in [-0.4, -0.2) is 23.7 Å². The Kier molecular flexibility index (Phi) is 5.65. The molecule has 1 rings (SSSR count). The zero-order valence-electron chi connectivity index (χ0n) is 10.5. The van der Waals surface area contributed by atoms with Gasteiger partial charge < -0.3 is 10.6 Å². The lowest BCUT2D eigenvalue weighted by atomic mass is 10.2. The Labute approximate surface area is 112 Å². The Balaban J connectivity index is 2.30. The molecule has 2 amide bonds. The van der Waals surface area contributed by atoms with Gasteiger partial charge in [-0.1, -0.05) is 17.7 Å². The van der Waals surface area contributed by atoms with Crippen LogP contribution in [0.1, 0.15) is 18.9 Å². The molecule has 18 heavy (non-hydrogen) atoms. The Bertz CT molecular complexity index is 416. The van der Waals surface area contributed by atoms with E-state index in [1.54, 1.807) is 6.92 Å². The summed E-state index contributed by atoms with van der Waals surface area (Å²) in [6.45, 7) is 3.85. The van der Waals surface area contributed by atoms with Gasteiger partial charge in [0.15, 0.2) is 0 Å². The molecule has 5 heteroatoms. The van der Waals surface area contributed by atoms with E-state index in [9.17, 15) is 9.59 Å². The molecule has 0 heterocycles. The van der Waals surface area contributed by atoms with Gasteiger partial charge in [-0.2, -0.15) is 0 Å². The van der Waals surface area contributed by atoms with E-state index in [-0.39, 0.29) is 24.8 Å². The minimum atomic E-state index is -0.579. The van der Waals surface area contributed by atoms with Crippen LogP contribution in [0.5, 0.6) is 0 Å². The molecule has 0 bridgehead atoms. The number of benzene rings is 1. The molecule has 1 aromatic carbocycles. The monoisotopic (exact) mass is 268 g/mol. The average Bonchev–Trinajstić information content (AvgIpc) is 2.32. The van der Waals surface area contributed by atoms with E-state index in [1.807, 2.05) is 31.2 Å². The third-order valence-corrected chi connectivity index (χ3v) is 2.55. The fraction of sp³-hybridized carbons (Fsp3) is 0.385. The zero-order valence-corrected chi connectivity index (χ0v) is 11.3. The summed E-state index contributed by atoms with van der Waals surface area (Å²) in [5.41, 5.74) is 1.89. The predicted octanol–water partition coefficient (Wildman–Crippen LogP) is 2.07. The standard InChI is InChI=1S/C13H17ClN2O2/c1-9-3-5-11(6-4-9)16-12(17)7-8-15-13(18)10(2)14/h3-6,10H,7-8H2,1-2H3,(H,15,18)(H,16,17). The zero-order chi connectivity index (χ0) is 13.5. The second kappa shape index (κ2) is 7.01. The van der Waals surface area contributed by atoms with Crippen molar-refractivity contribution < 1.29 is 9.59 Å². The molecule has 98 valence electrons. The van der Waals surface area contributed by atoms with Crippen molar-refractivity contribution >= 4 is 29.1 Å². The summed E-state index contributed by atoms with van der Waals surface area (Å²) >= 11 is 5.58. The fourth-order valence-electron chi connectivity index (χ4n) is 1.30. The molecule has 4 nitrogen and oxygen atoms in total. The Morgan fingerprint density at radius 1 is 1.28 bits per heavy atom. The molecule has 0 saturated heterocycles. The van der Waals surface area contributed by atoms with Gasteiger partial charge in [0, 0.05) is 18.7 Å². The number of amides is 2. The lowest BCUT2D eigenvalue weighted by molar-refractivity contribution is -0.120. The number of carbonyl (C=O) groups excluding carboxylic acids is 2. The van der Waals surface area contributed by atoms with Crippen molar-refractivity contribution in [1.29, 1.82) is 0 Å². The second-order valence-electron chi connectivity index (χ2n) is 4.07. The molecule has 1 unspecified atom stereocenters. The molecule has 0 aliphatic heterocycles. The quantitative estimate of drug-likeness (QED) is 0.803. The van der Waals surface area contributed by atoms with Crippen molar-refractivity contribution in [2.45, 2.75) is 25.6 Å². The number of nitrogens with one attached hydrogen (secondary N) is 2. The van der Waals surface area contributed by atoms with E-state index >= 15 is 0 Å². The number of hydrogen-bond donors (Lipinski definition) is 2. The topological polar surface area (TPSA) is 58.2 Å². The van der Waals surface area contributed by atoms with E-state index in [0.29, 0.717) is 0 Å². The number of halogens is 1. The van der Waals surface area contributed by atoms with Gasteiger partial charge in [-0.05, 0) is 26.0 Å². The van der Waals surface area contributed by atoms with Crippen molar-refractivity contribution in [2.24, 2.45) is 0 Å². The smallest absolute Gasteiger partial charge is 0.237 e. The Hall–Kier alpha value is -1.55. The Morgan fingerprint density at radius 3 is 2.44 bits per heavy atom. The highest BCUT2D eigenvalue weighted by molar-refractivity contribution is 6.30. The molecule has 0 radical (unpaired) electrons. The SMILES string of the molecule is Cc1ccc(NC(=O)CCNC(=O)C(C)Cl)cc1. The molecule has 0 aliphatic rings. The summed E-state index contributed by atoms with van der Waals surface area (Å²) in [6, 6.07) is 7.53. The highest BCUT2D eigenvalue weighted by Gasteiger charge is 2.09. The summed E-state index contributed by atoms with van der Waals surface area (Å²) in [6.07, 6.45) is 0.225. The Morgan fingerprint density at radius 2 is 1.89 bits per heavy atom. The van der Waals surface area contributed by atoms with Crippen molar-refractivity contribution in [3.8, 4) is 0 Å². The van der Waals surface area contributed by atoms with E-state index < -0.39 is 5.38 Å². The number of rotatable bonds is 5. The van der Waals surface area contributed by atoms with Crippen LogP contribution in [0.15, 0.2) is 24.3 Å². The summed E-state index contributed by atoms with van der Waals surface area (Å²) in [5, 5.41) is 4.75. The van der Waals surface area contributed by atoms with E-state index in [2.05, 4.69) is 10.6 Å². The highest BCUT2D eigenvalue weighted by Crippen LogP contribution is 2.08. The molecule has 0 saturated carbocycles. The number of carbonyl (C=O) groups is 2. The van der Waals surface area contributed by atoms with Gasteiger partial charge in [-0.15, -0.1) is 11.6 Å². The largest absolute Gasteiger partial charge is 0.354 e. The van der Waals surface area contributed by atoms with Crippen molar-refractivity contribution in [2.75, 3.05) is 11.9 Å². The number of hydrogen-bond acceptors (Lipinski definition) is 2. The van der Waals surface area contributed by atoms with E-state index in [4.69, 9.17) is 11.6 Å². The van der Waals surface area contributed by atoms with Crippen LogP contribution in [0.4, 0.5) is 5.69 Å². The fourth-order valence-corrected chi connectivity index (χ4v) is 1.38. The van der Waals surface area contributed by atoms with Crippen LogP contribution in [0.25, 0.3) is 0 Å². The van der Waals surface area contributed by atoms with Crippen LogP contribution < -0.4 is 10.6 Å². The van der Waals surface area contributed by atoms with Gasteiger partial charge >= 0.3 is 0 Å². The van der Waals surface area contributed by atoms with E-state index in [0.717, 1.165) is 11.3 Å². The summed E-state index contributed by atoms with van der Waals surface area (Å²) in [7, 11) is 0. The second-order valence-corrected chi connectivity index (χ2v) is 4.73. The molecule has 0 fully saturated rings. The van der Waals surface area contributed by atoms with Crippen LogP contribution in [0.3, 0.4) is 0 Å². The summed E-state index contributed by atoms with van der Waals surface area (Å²) < 4.78 is 0. The first kappa shape index (κ1) is 14.5. The lowest BCUT2D eigenvalue weighted by Gasteiger charge is -2.07. The molecule has 2 N–H and O–H groups in total. The molecule has 0 spiro atoms. The van der Waals surface area contributed by atoms with Gasteiger partial charge in [0.2, 0.25) is 11.8 Å². The number of alkyl halides is 1. The lowest BCUT2D eigenvalue weighted by Crippen LogP contribution is -2.32. The van der Waals surface area contributed by atoms with Crippen molar-refractivity contribution in [3.05, 3.63) is 29.8 Å². The molecular weight excluding hydrogens is 252 g/mol. The molecule has 1 atom stereocenters. The van der Waals surface area contributed by atoms with Crippen molar-refractivity contribution in [1.82, 2.24) is 5.32 Å². The maximum absolute atomic E-state index is 11.6. The molecule has 0 aliphatic carbocycles. The number of anilines is 1. The van der Waals surface area contributed by atoms with Crippen LogP contribution >= 0.6 is 11.6 Å². The van der Waals surface area contributed by atoms with Crippen LogP contribution in [0, 0.1) is 6.92 Å². The van der Waals surface area contributed by atoms with Crippen molar-refractivity contribution in [3.63, 3.8) is 0 Å². The first-order chi connectivity index (χ1) is 8.49. The number of aryl methyl sites for hydroxylation is 1. The third-order valence-electron chi connectivity index (χ3n) is 2.35. The molecule has 0 aromatic heterocycles. The van der Waals surface area contributed by atoms with E-state index in [1.165, 1.54) is 0 Å². The summed E-state index contributed by atoms with van der Waals surface area (Å²) in [5.74, 6) is -0.402. The first-order valence-electron chi connectivity index (χ1n) is 5.77. The summed E-state index contributed by atoms with van der Waals surface area (Å²) in [4.78, 5) is 22.7.